The van der Waals surface area contributed by atoms with Crippen LogP contribution in [0.3, 0.4) is 0 Å². The Morgan fingerprint density at radius 1 is 1.12 bits per heavy atom. The molecule has 1 amide bonds. The zero-order valence-electron chi connectivity index (χ0n) is 18.1. The number of amides is 1. The maximum atomic E-state index is 13.0. The summed E-state index contributed by atoms with van der Waals surface area (Å²) >= 11 is 6.15. The zero-order valence-corrected chi connectivity index (χ0v) is 18.9. The van der Waals surface area contributed by atoms with E-state index in [-0.39, 0.29) is 5.91 Å². The average molecular weight is 457 g/mol. The van der Waals surface area contributed by atoms with Gasteiger partial charge in [-0.25, -0.2) is 0 Å². The fraction of sp³-hybridized carbons (Fsp3) is 0.120. The predicted octanol–water partition coefficient (Wildman–Crippen LogP) is 5.21. The van der Waals surface area contributed by atoms with E-state index in [1.54, 1.807) is 44.7 Å². The number of rotatable bonds is 6. The van der Waals surface area contributed by atoms with Crippen molar-refractivity contribution in [2.24, 2.45) is 0 Å². The Balaban J connectivity index is 1.87. The summed E-state index contributed by atoms with van der Waals surface area (Å²) in [6.07, 6.45) is 4.97. The van der Waals surface area contributed by atoms with Crippen molar-refractivity contribution in [2.45, 2.75) is 6.54 Å². The molecule has 4 rings (SSSR count). The number of nitriles is 1. The summed E-state index contributed by atoms with van der Waals surface area (Å²) in [7, 11) is 3.39. The zero-order chi connectivity index (χ0) is 23.4. The number of anilines is 3. The molecule has 33 heavy (non-hydrogen) atoms. The minimum Gasteiger partial charge on any atom is -0.381 e. The lowest BCUT2D eigenvalue weighted by Crippen LogP contribution is -2.22. The van der Waals surface area contributed by atoms with Gasteiger partial charge < -0.3 is 15.5 Å². The Bertz CT molecular complexity index is 1360. The molecule has 2 aromatic heterocycles. The first-order chi connectivity index (χ1) is 16.0. The number of fused-ring (bicyclic) bond motifs is 1. The Hall–Kier alpha value is -4.15. The van der Waals surface area contributed by atoms with Crippen molar-refractivity contribution in [3.63, 3.8) is 0 Å². The van der Waals surface area contributed by atoms with Gasteiger partial charge in [-0.3, -0.25) is 14.8 Å². The molecule has 2 aromatic carbocycles. The number of carbonyl (C=O) groups is 1. The molecule has 0 bridgehead atoms. The third-order valence-electron chi connectivity index (χ3n) is 5.04. The van der Waals surface area contributed by atoms with Gasteiger partial charge in [-0.1, -0.05) is 23.7 Å². The smallest absolute Gasteiger partial charge is 0.255 e. The van der Waals surface area contributed by atoms with E-state index in [1.807, 2.05) is 30.3 Å². The molecule has 0 aliphatic carbocycles. The molecule has 0 unspecified atom stereocenters. The second-order valence-electron chi connectivity index (χ2n) is 7.63. The Morgan fingerprint density at radius 2 is 1.97 bits per heavy atom. The second-order valence-corrected chi connectivity index (χ2v) is 8.06. The van der Waals surface area contributed by atoms with E-state index in [2.05, 4.69) is 26.7 Å². The molecule has 0 aliphatic rings. The third kappa shape index (κ3) is 4.86. The molecule has 0 fully saturated rings. The Morgan fingerprint density at radius 3 is 2.67 bits per heavy atom. The fourth-order valence-electron chi connectivity index (χ4n) is 3.45. The number of nitrogens with zero attached hydrogens (tertiary/aromatic N) is 4. The van der Waals surface area contributed by atoms with Gasteiger partial charge in [0.05, 0.1) is 22.3 Å². The minimum atomic E-state index is -0.184. The summed E-state index contributed by atoms with van der Waals surface area (Å²) in [4.78, 5) is 23.1. The van der Waals surface area contributed by atoms with Crippen molar-refractivity contribution in [2.75, 3.05) is 24.7 Å². The van der Waals surface area contributed by atoms with E-state index < -0.39 is 0 Å². The quantitative estimate of drug-likeness (QED) is 0.413. The molecule has 8 heteroatoms. The van der Waals surface area contributed by atoms with Crippen LogP contribution in [0.4, 0.5) is 17.1 Å². The number of hydrogen-bond donors (Lipinski definition) is 2. The summed E-state index contributed by atoms with van der Waals surface area (Å²) in [6.45, 7) is 0.525. The van der Waals surface area contributed by atoms with Gasteiger partial charge in [0.15, 0.2) is 0 Å². The van der Waals surface area contributed by atoms with Gasteiger partial charge in [-0.2, -0.15) is 5.26 Å². The van der Waals surface area contributed by atoms with E-state index in [0.29, 0.717) is 39.3 Å². The summed E-state index contributed by atoms with van der Waals surface area (Å²) in [5.74, 6) is -0.184. The van der Waals surface area contributed by atoms with Crippen LogP contribution in [0.15, 0.2) is 67.1 Å². The van der Waals surface area contributed by atoms with Gasteiger partial charge in [-0.05, 0) is 42.0 Å². The van der Waals surface area contributed by atoms with E-state index in [9.17, 15) is 10.1 Å². The molecule has 0 spiro atoms. The molecule has 4 aromatic rings. The van der Waals surface area contributed by atoms with Gasteiger partial charge in [0.25, 0.3) is 5.91 Å². The maximum absolute atomic E-state index is 13.0. The van der Waals surface area contributed by atoms with E-state index in [0.717, 1.165) is 16.9 Å². The van der Waals surface area contributed by atoms with Crippen LogP contribution in [0.1, 0.15) is 21.5 Å². The molecule has 0 aliphatic heterocycles. The highest BCUT2D eigenvalue weighted by Gasteiger charge is 2.19. The average Bonchev–Trinajstić information content (AvgIpc) is 2.82. The number of carbonyl (C=O) groups excluding carboxylic acids is 1. The first kappa shape index (κ1) is 22.1. The fourth-order valence-corrected chi connectivity index (χ4v) is 3.64. The van der Waals surface area contributed by atoms with Crippen molar-refractivity contribution in [1.82, 2.24) is 14.9 Å². The van der Waals surface area contributed by atoms with E-state index in [4.69, 9.17) is 11.6 Å². The van der Waals surface area contributed by atoms with Crippen molar-refractivity contribution in [3.8, 4) is 6.07 Å². The van der Waals surface area contributed by atoms with Gasteiger partial charge in [0, 0.05) is 61.0 Å². The van der Waals surface area contributed by atoms with Gasteiger partial charge in [-0.15, -0.1) is 0 Å². The Kier molecular flexibility index (Phi) is 6.38. The highest BCUT2D eigenvalue weighted by molar-refractivity contribution is 6.30. The topological polar surface area (TPSA) is 93.9 Å². The van der Waals surface area contributed by atoms with Crippen LogP contribution >= 0.6 is 11.6 Å². The number of aromatic nitrogens is 2. The van der Waals surface area contributed by atoms with Crippen molar-refractivity contribution < 1.29 is 4.79 Å². The normalized spacial score (nSPS) is 10.5. The van der Waals surface area contributed by atoms with Crippen LogP contribution in [0.25, 0.3) is 10.9 Å². The second kappa shape index (κ2) is 9.55. The van der Waals surface area contributed by atoms with Gasteiger partial charge in [0.2, 0.25) is 0 Å². The number of hydrogen-bond acceptors (Lipinski definition) is 6. The summed E-state index contributed by atoms with van der Waals surface area (Å²) in [5, 5.41) is 17.6. The lowest BCUT2D eigenvalue weighted by molar-refractivity contribution is 0.0829. The number of nitrogens with one attached hydrogen (secondary N) is 2. The molecular weight excluding hydrogens is 436 g/mol. The van der Waals surface area contributed by atoms with Crippen LogP contribution < -0.4 is 10.6 Å². The number of benzene rings is 2. The summed E-state index contributed by atoms with van der Waals surface area (Å²) in [6, 6.07) is 16.9. The predicted molar refractivity (Wildman–Crippen MR) is 131 cm³/mol. The Labute approximate surface area is 196 Å². The molecule has 2 N–H and O–H groups in total. The van der Waals surface area contributed by atoms with Crippen molar-refractivity contribution in [3.05, 3.63) is 88.8 Å². The van der Waals surface area contributed by atoms with Crippen molar-refractivity contribution >= 4 is 45.5 Å². The molecule has 2 heterocycles. The highest BCUT2D eigenvalue weighted by atomic mass is 35.5. The van der Waals surface area contributed by atoms with Crippen LogP contribution in [-0.2, 0) is 6.54 Å². The molecular formula is C25H21ClN6O. The molecule has 0 saturated heterocycles. The van der Waals surface area contributed by atoms with Crippen LogP contribution in [0, 0.1) is 11.3 Å². The molecule has 0 atom stereocenters. The largest absolute Gasteiger partial charge is 0.381 e. The lowest BCUT2D eigenvalue weighted by atomic mass is 10.0. The standard InChI is InChI=1S/C25H21ClN6O/c1-32(2)25(33)22-11-20(29-14-16-5-4-8-28-13-16)10-21-23(17(12-27)15-30-24(21)22)31-19-7-3-6-18(26)9-19/h3-11,13,15,29H,14H2,1-2H3,(H,30,31). The van der Waals surface area contributed by atoms with E-state index >= 15 is 0 Å². The maximum Gasteiger partial charge on any atom is 0.255 e. The monoisotopic (exact) mass is 456 g/mol. The number of halogens is 1. The first-order valence-electron chi connectivity index (χ1n) is 10.2. The van der Waals surface area contributed by atoms with Gasteiger partial charge >= 0.3 is 0 Å². The SMILES string of the molecule is CN(C)C(=O)c1cc(NCc2cccnc2)cc2c(Nc3cccc(Cl)c3)c(C#N)cnc12. The van der Waals surface area contributed by atoms with Crippen LogP contribution in [0.2, 0.25) is 5.02 Å². The highest BCUT2D eigenvalue weighted by Crippen LogP contribution is 2.34. The van der Waals surface area contributed by atoms with Crippen LogP contribution in [0.5, 0.6) is 0 Å². The van der Waals surface area contributed by atoms with Crippen molar-refractivity contribution in [1.29, 1.82) is 5.26 Å². The molecule has 164 valence electrons. The first-order valence-corrected chi connectivity index (χ1v) is 10.6. The van der Waals surface area contributed by atoms with E-state index in [1.165, 1.54) is 11.1 Å². The molecule has 0 saturated carbocycles. The molecule has 7 nitrogen and oxygen atoms in total. The third-order valence-corrected chi connectivity index (χ3v) is 5.28. The summed E-state index contributed by atoms with van der Waals surface area (Å²) in [5.41, 5.74) is 4.30. The van der Waals surface area contributed by atoms with Crippen LogP contribution in [-0.4, -0.2) is 34.9 Å². The minimum absolute atomic E-state index is 0.184. The summed E-state index contributed by atoms with van der Waals surface area (Å²) < 4.78 is 0. The lowest BCUT2D eigenvalue weighted by Gasteiger charge is -2.18. The molecule has 0 radical (unpaired) electrons. The van der Waals surface area contributed by atoms with Gasteiger partial charge in [0.1, 0.15) is 6.07 Å². The number of pyridine rings is 2.